The number of fused-ring (bicyclic) bond motifs is 1. The van der Waals surface area contributed by atoms with Crippen LogP contribution in [0.1, 0.15) is 0 Å². The van der Waals surface area contributed by atoms with Gasteiger partial charge in [0, 0.05) is 15.7 Å². The number of amides is 1. The smallest absolute Gasteiger partial charge is 0.262 e. The molecule has 1 amide bonds. The Kier molecular flexibility index (Phi) is 5.29. The van der Waals surface area contributed by atoms with Crippen LogP contribution in [0.15, 0.2) is 74.5 Å². The normalized spacial score (nSPS) is 10.8. The Bertz CT molecular complexity index is 1230. The van der Waals surface area contributed by atoms with Crippen molar-refractivity contribution in [3.8, 4) is 17.3 Å². The van der Waals surface area contributed by atoms with Crippen molar-refractivity contribution in [2.24, 2.45) is 0 Å². The van der Waals surface area contributed by atoms with Crippen LogP contribution in [0, 0.1) is 0 Å². The minimum atomic E-state index is -0.499. The first-order valence-corrected chi connectivity index (χ1v) is 9.25. The molecule has 0 bridgehead atoms. The molecule has 0 spiro atoms. The van der Waals surface area contributed by atoms with Crippen molar-refractivity contribution in [2.75, 3.05) is 11.9 Å². The standard InChI is InChI=1S/C21H13Cl2NO5/c22-12-8-13(23)10-14(9-12)24-18(25)11-28-21-19(26)15-4-1-2-5-16(15)29-20(21)17-6-3-7-27-17/h1-10H,11H2,(H,24,25). The van der Waals surface area contributed by atoms with E-state index in [4.69, 9.17) is 36.8 Å². The zero-order valence-electron chi connectivity index (χ0n) is 14.8. The maximum Gasteiger partial charge on any atom is 0.262 e. The van der Waals surface area contributed by atoms with Crippen molar-refractivity contribution in [1.29, 1.82) is 0 Å². The van der Waals surface area contributed by atoms with Gasteiger partial charge in [0.15, 0.2) is 12.4 Å². The molecular formula is C21H13Cl2NO5. The van der Waals surface area contributed by atoms with Crippen LogP contribution in [0.4, 0.5) is 5.69 Å². The fourth-order valence-electron chi connectivity index (χ4n) is 2.79. The fourth-order valence-corrected chi connectivity index (χ4v) is 3.31. The second-order valence-corrected chi connectivity index (χ2v) is 6.93. The van der Waals surface area contributed by atoms with Gasteiger partial charge in [0.2, 0.25) is 16.9 Å². The van der Waals surface area contributed by atoms with Crippen molar-refractivity contribution in [1.82, 2.24) is 0 Å². The molecule has 8 heteroatoms. The summed E-state index contributed by atoms with van der Waals surface area (Å²) in [6.07, 6.45) is 1.45. The molecule has 4 aromatic rings. The van der Waals surface area contributed by atoms with Gasteiger partial charge in [-0.25, -0.2) is 0 Å². The zero-order valence-corrected chi connectivity index (χ0v) is 16.3. The lowest BCUT2D eigenvalue weighted by Gasteiger charge is -2.11. The number of hydrogen-bond donors (Lipinski definition) is 1. The summed E-state index contributed by atoms with van der Waals surface area (Å²) in [5, 5.41) is 3.71. The molecule has 4 rings (SSSR count). The lowest BCUT2D eigenvalue weighted by atomic mass is 10.2. The number of benzene rings is 2. The molecule has 0 saturated carbocycles. The number of nitrogens with one attached hydrogen (secondary N) is 1. The van der Waals surface area contributed by atoms with E-state index in [0.29, 0.717) is 32.5 Å². The summed E-state index contributed by atoms with van der Waals surface area (Å²) in [6, 6.07) is 14.7. The van der Waals surface area contributed by atoms with Crippen molar-refractivity contribution in [3.63, 3.8) is 0 Å². The minimum absolute atomic E-state index is 0.109. The summed E-state index contributed by atoms with van der Waals surface area (Å²) in [4.78, 5) is 25.2. The maximum absolute atomic E-state index is 12.9. The van der Waals surface area contributed by atoms with Gasteiger partial charge in [-0.05, 0) is 42.5 Å². The van der Waals surface area contributed by atoms with Crippen LogP contribution in [0.3, 0.4) is 0 Å². The van der Waals surface area contributed by atoms with Gasteiger partial charge in [-0.15, -0.1) is 0 Å². The third kappa shape index (κ3) is 4.13. The van der Waals surface area contributed by atoms with E-state index in [-0.39, 0.29) is 11.5 Å². The Labute approximate surface area is 174 Å². The van der Waals surface area contributed by atoms with Crippen molar-refractivity contribution in [3.05, 3.63) is 81.1 Å². The summed E-state index contributed by atoms with van der Waals surface area (Å²) in [5.74, 6) is -0.193. The van der Waals surface area contributed by atoms with Crippen LogP contribution < -0.4 is 15.5 Å². The number of hydrogen-bond acceptors (Lipinski definition) is 5. The number of rotatable bonds is 5. The van der Waals surface area contributed by atoms with Crippen LogP contribution >= 0.6 is 23.2 Å². The molecule has 146 valence electrons. The maximum atomic E-state index is 12.9. The lowest BCUT2D eigenvalue weighted by Crippen LogP contribution is -2.22. The van der Waals surface area contributed by atoms with Crippen LogP contribution in [-0.4, -0.2) is 12.5 Å². The summed E-state index contributed by atoms with van der Waals surface area (Å²) < 4.78 is 16.7. The summed E-state index contributed by atoms with van der Waals surface area (Å²) in [7, 11) is 0. The molecule has 0 aliphatic rings. The summed E-state index contributed by atoms with van der Waals surface area (Å²) in [6.45, 7) is -0.430. The van der Waals surface area contributed by atoms with Gasteiger partial charge in [-0.1, -0.05) is 35.3 Å². The molecule has 29 heavy (non-hydrogen) atoms. The lowest BCUT2D eigenvalue weighted by molar-refractivity contribution is -0.118. The van der Waals surface area contributed by atoms with E-state index < -0.39 is 17.9 Å². The van der Waals surface area contributed by atoms with Gasteiger partial charge in [-0.3, -0.25) is 9.59 Å². The third-order valence-electron chi connectivity index (χ3n) is 4.00. The predicted molar refractivity (Wildman–Crippen MR) is 111 cm³/mol. The molecule has 1 N–H and O–H groups in total. The molecule has 0 atom stereocenters. The van der Waals surface area contributed by atoms with Gasteiger partial charge in [-0.2, -0.15) is 0 Å². The Morgan fingerprint density at radius 1 is 1.03 bits per heavy atom. The molecule has 6 nitrogen and oxygen atoms in total. The Morgan fingerprint density at radius 3 is 2.52 bits per heavy atom. The molecule has 0 aliphatic carbocycles. The number of para-hydroxylation sites is 1. The highest BCUT2D eigenvalue weighted by Crippen LogP contribution is 2.31. The number of anilines is 1. The van der Waals surface area contributed by atoms with Crippen LogP contribution in [0.25, 0.3) is 22.5 Å². The Hall–Kier alpha value is -3.22. The molecular weight excluding hydrogens is 417 g/mol. The van der Waals surface area contributed by atoms with Gasteiger partial charge >= 0.3 is 0 Å². The van der Waals surface area contributed by atoms with E-state index in [1.54, 1.807) is 54.6 Å². The molecule has 0 fully saturated rings. The van der Waals surface area contributed by atoms with Crippen LogP contribution in [0.5, 0.6) is 5.75 Å². The van der Waals surface area contributed by atoms with Gasteiger partial charge in [0.1, 0.15) is 5.58 Å². The van der Waals surface area contributed by atoms with E-state index in [0.717, 1.165) is 0 Å². The van der Waals surface area contributed by atoms with Crippen LogP contribution in [-0.2, 0) is 4.79 Å². The fraction of sp³-hybridized carbons (Fsp3) is 0.0476. The molecule has 0 aliphatic heterocycles. The topological polar surface area (TPSA) is 81.7 Å². The highest BCUT2D eigenvalue weighted by molar-refractivity contribution is 6.35. The molecule has 0 saturated heterocycles. The third-order valence-corrected chi connectivity index (χ3v) is 4.43. The Morgan fingerprint density at radius 2 is 1.79 bits per heavy atom. The van der Waals surface area contributed by atoms with Crippen LogP contribution in [0.2, 0.25) is 10.0 Å². The Balaban J connectivity index is 1.63. The van der Waals surface area contributed by atoms with Gasteiger partial charge in [0.25, 0.3) is 5.91 Å². The molecule has 2 aromatic carbocycles. The monoisotopic (exact) mass is 429 g/mol. The predicted octanol–water partition coefficient (Wildman–Crippen LogP) is 5.38. The average molecular weight is 430 g/mol. The highest BCUT2D eigenvalue weighted by Gasteiger charge is 2.20. The quantitative estimate of drug-likeness (QED) is 0.460. The molecule has 0 unspecified atom stereocenters. The average Bonchev–Trinajstić information content (AvgIpc) is 3.21. The van der Waals surface area contributed by atoms with Gasteiger partial charge in [0.05, 0.1) is 11.6 Å². The van der Waals surface area contributed by atoms with Crippen molar-refractivity contribution < 1.29 is 18.4 Å². The SMILES string of the molecule is O=C(COc1c(-c2ccco2)oc2ccccc2c1=O)Nc1cc(Cl)cc(Cl)c1. The number of ether oxygens (including phenoxy) is 1. The van der Waals surface area contributed by atoms with Crippen molar-refractivity contribution in [2.45, 2.75) is 0 Å². The van der Waals surface area contributed by atoms with Gasteiger partial charge < -0.3 is 18.9 Å². The first-order chi connectivity index (χ1) is 14.0. The molecule has 0 radical (unpaired) electrons. The van der Waals surface area contributed by atoms with E-state index in [1.165, 1.54) is 6.26 Å². The number of carbonyl (C=O) groups is 1. The van der Waals surface area contributed by atoms with Crippen molar-refractivity contribution >= 4 is 45.8 Å². The molecule has 2 heterocycles. The first kappa shape index (κ1) is 19.1. The number of furan rings is 1. The summed E-state index contributed by atoms with van der Waals surface area (Å²) in [5.41, 5.74) is 0.388. The van der Waals surface area contributed by atoms with E-state index in [9.17, 15) is 9.59 Å². The number of carbonyl (C=O) groups excluding carboxylic acids is 1. The highest BCUT2D eigenvalue weighted by atomic mass is 35.5. The van der Waals surface area contributed by atoms with E-state index in [2.05, 4.69) is 5.32 Å². The van der Waals surface area contributed by atoms with E-state index in [1.807, 2.05) is 0 Å². The first-order valence-electron chi connectivity index (χ1n) is 8.50. The van der Waals surface area contributed by atoms with E-state index >= 15 is 0 Å². The molecule has 2 aromatic heterocycles. The zero-order chi connectivity index (χ0) is 20.4. The second-order valence-electron chi connectivity index (χ2n) is 6.06. The second kappa shape index (κ2) is 8.03. The summed E-state index contributed by atoms with van der Waals surface area (Å²) >= 11 is 11.9. The minimum Gasteiger partial charge on any atom is -0.476 e. The largest absolute Gasteiger partial charge is 0.476 e. The number of halogens is 2.